The van der Waals surface area contributed by atoms with E-state index in [1.807, 2.05) is 0 Å². The highest BCUT2D eigenvalue weighted by Gasteiger charge is 2.26. The fraction of sp³-hybridized carbons (Fsp3) is 0.562. The van der Waals surface area contributed by atoms with Crippen LogP contribution in [0.4, 0.5) is 11.4 Å². The number of carbonyl (C=O) groups excluding carboxylic acids is 1. The van der Waals surface area contributed by atoms with Gasteiger partial charge in [-0.05, 0) is 43.7 Å². The summed E-state index contributed by atoms with van der Waals surface area (Å²) in [6.45, 7) is 1.99. The number of nitrogens with one attached hydrogen (secondary N) is 3. The van der Waals surface area contributed by atoms with E-state index in [9.17, 15) is 23.3 Å². The van der Waals surface area contributed by atoms with Crippen LogP contribution in [0.5, 0.6) is 0 Å². The second-order valence-corrected chi connectivity index (χ2v) is 8.25. The molecule has 10 heteroatoms. The van der Waals surface area contributed by atoms with Crippen LogP contribution in [0.25, 0.3) is 0 Å². The molecule has 1 aromatic carbocycles. The first kappa shape index (κ1) is 20.1. The van der Waals surface area contributed by atoms with Gasteiger partial charge in [-0.25, -0.2) is 13.1 Å². The number of hydrogen-bond acceptors (Lipinski definition) is 6. The molecule has 9 nitrogen and oxygen atoms in total. The van der Waals surface area contributed by atoms with Crippen LogP contribution < -0.4 is 15.4 Å². The van der Waals surface area contributed by atoms with Crippen LogP contribution in [0.1, 0.15) is 32.6 Å². The van der Waals surface area contributed by atoms with Gasteiger partial charge in [-0.3, -0.25) is 14.9 Å². The highest BCUT2D eigenvalue weighted by atomic mass is 32.2. The Morgan fingerprint density at radius 2 is 1.92 bits per heavy atom. The summed E-state index contributed by atoms with van der Waals surface area (Å²) >= 11 is 0. The number of rotatable bonds is 7. The first-order valence-corrected chi connectivity index (χ1v) is 9.96. The SMILES string of the molecule is CNC(=O)CNc1ccc(S(=O)(=O)NC2CCC(C)CC2)cc1[N+](=O)[O-]. The highest BCUT2D eigenvalue weighted by molar-refractivity contribution is 7.89. The summed E-state index contributed by atoms with van der Waals surface area (Å²) in [6, 6.07) is 3.47. The van der Waals surface area contributed by atoms with Crippen LogP contribution in [0.3, 0.4) is 0 Å². The maximum Gasteiger partial charge on any atom is 0.293 e. The van der Waals surface area contributed by atoms with Gasteiger partial charge in [0.25, 0.3) is 5.69 Å². The molecule has 1 saturated carbocycles. The lowest BCUT2D eigenvalue weighted by molar-refractivity contribution is -0.384. The molecule has 0 heterocycles. The smallest absolute Gasteiger partial charge is 0.293 e. The Bertz CT molecular complexity index is 773. The zero-order valence-electron chi connectivity index (χ0n) is 14.8. The predicted molar refractivity (Wildman–Crippen MR) is 97.4 cm³/mol. The molecule has 2 rings (SSSR count). The third kappa shape index (κ3) is 5.15. The fourth-order valence-electron chi connectivity index (χ4n) is 2.91. The van der Waals surface area contributed by atoms with E-state index in [0.717, 1.165) is 31.7 Å². The van der Waals surface area contributed by atoms with Crippen molar-refractivity contribution in [2.24, 2.45) is 5.92 Å². The van der Waals surface area contributed by atoms with Gasteiger partial charge in [0.1, 0.15) is 5.69 Å². The minimum atomic E-state index is -3.85. The molecule has 1 aliphatic carbocycles. The first-order chi connectivity index (χ1) is 12.2. The molecule has 3 N–H and O–H groups in total. The number of benzene rings is 1. The molecule has 0 bridgehead atoms. The summed E-state index contributed by atoms with van der Waals surface area (Å²) in [6.07, 6.45) is 3.42. The predicted octanol–water partition coefficient (Wildman–Crippen LogP) is 1.61. The molecule has 0 spiro atoms. The number of nitro benzene ring substituents is 1. The Labute approximate surface area is 152 Å². The Morgan fingerprint density at radius 3 is 2.50 bits per heavy atom. The minimum Gasteiger partial charge on any atom is -0.371 e. The molecule has 1 aromatic rings. The molecule has 1 fully saturated rings. The first-order valence-electron chi connectivity index (χ1n) is 8.48. The second-order valence-electron chi connectivity index (χ2n) is 6.54. The van der Waals surface area contributed by atoms with Crippen molar-refractivity contribution in [3.05, 3.63) is 28.3 Å². The van der Waals surface area contributed by atoms with Crippen LogP contribution in [-0.4, -0.2) is 38.9 Å². The zero-order valence-corrected chi connectivity index (χ0v) is 15.6. The Balaban J connectivity index is 2.19. The van der Waals surface area contributed by atoms with Gasteiger partial charge < -0.3 is 10.6 Å². The lowest BCUT2D eigenvalue weighted by Crippen LogP contribution is -2.37. The number of sulfonamides is 1. The standard InChI is InChI=1S/C16H24N4O5S/c1-11-3-5-12(6-4-11)19-26(24,25)13-7-8-14(15(9-13)20(22)23)18-10-16(21)17-2/h7-9,11-12,18-19H,3-6,10H2,1-2H3,(H,17,21). The van der Waals surface area contributed by atoms with Crippen molar-refractivity contribution in [3.8, 4) is 0 Å². The summed E-state index contributed by atoms with van der Waals surface area (Å²) in [7, 11) is -2.40. The van der Waals surface area contributed by atoms with E-state index in [1.165, 1.54) is 19.2 Å². The maximum absolute atomic E-state index is 12.6. The summed E-state index contributed by atoms with van der Waals surface area (Å²) in [5.41, 5.74) is -0.307. The average Bonchev–Trinajstić information content (AvgIpc) is 2.61. The van der Waals surface area contributed by atoms with Crippen LogP contribution in [-0.2, 0) is 14.8 Å². The molecular weight excluding hydrogens is 360 g/mol. The average molecular weight is 384 g/mol. The zero-order chi connectivity index (χ0) is 19.3. The largest absolute Gasteiger partial charge is 0.371 e. The topological polar surface area (TPSA) is 130 Å². The van der Waals surface area contributed by atoms with E-state index in [0.29, 0.717) is 5.92 Å². The minimum absolute atomic E-state index is 0.0871. The van der Waals surface area contributed by atoms with Crippen LogP contribution in [0, 0.1) is 16.0 Å². The summed E-state index contributed by atoms with van der Waals surface area (Å²) < 4.78 is 27.8. The molecule has 0 atom stereocenters. The Kier molecular flexibility index (Phi) is 6.54. The van der Waals surface area contributed by atoms with Gasteiger partial charge in [0.2, 0.25) is 15.9 Å². The fourth-order valence-corrected chi connectivity index (χ4v) is 4.23. The molecule has 1 aliphatic rings. The number of hydrogen-bond donors (Lipinski definition) is 3. The van der Waals surface area contributed by atoms with Gasteiger partial charge in [-0.15, -0.1) is 0 Å². The van der Waals surface area contributed by atoms with Gasteiger partial charge in [0, 0.05) is 19.2 Å². The van der Waals surface area contributed by atoms with Crippen LogP contribution in [0.2, 0.25) is 0 Å². The third-order valence-corrected chi connectivity index (χ3v) is 6.05. The lowest BCUT2D eigenvalue weighted by Gasteiger charge is -2.26. The van der Waals surface area contributed by atoms with Crippen LogP contribution >= 0.6 is 0 Å². The summed E-state index contributed by atoms with van der Waals surface area (Å²) in [5.74, 6) is 0.242. The molecule has 1 amide bonds. The number of amides is 1. The summed E-state index contributed by atoms with van der Waals surface area (Å²) in [5, 5.41) is 16.3. The molecule has 0 unspecified atom stereocenters. The second kappa shape index (κ2) is 8.45. The molecule has 144 valence electrons. The number of likely N-dealkylation sites (N-methyl/N-ethyl adjacent to an activating group) is 1. The maximum atomic E-state index is 12.6. The van der Waals surface area contributed by atoms with Gasteiger partial charge >= 0.3 is 0 Å². The molecule has 0 radical (unpaired) electrons. The Hall–Kier alpha value is -2.20. The van der Waals surface area contributed by atoms with Gasteiger partial charge in [-0.2, -0.15) is 0 Å². The van der Waals surface area contributed by atoms with E-state index in [2.05, 4.69) is 22.3 Å². The highest BCUT2D eigenvalue weighted by Crippen LogP contribution is 2.29. The van der Waals surface area contributed by atoms with Gasteiger partial charge in [0.05, 0.1) is 16.4 Å². The van der Waals surface area contributed by atoms with E-state index < -0.39 is 20.6 Å². The van der Waals surface area contributed by atoms with Gasteiger partial charge in [-0.1, -0.05) is 6.92 Å². The Morgan fingerprint density at radius 1 is 1.27 bits per heavy atom. The van der Waals surface area contributed by atoms with Crippen molar-refractivity contribution in [1.82, 2.24) is 10.0 Å². The molecule has 0 aliphatic heterocycles. The van der Waals surface area contributed by atoms with Crippen molar-refractivity contribution < 1.29 is 18.1 Å². The monoisotopic (exact) mass is 384 g/mol. The number of anilines is 1. The number of carbonyl (C=O) groups is 1. The molecular formula is C16H24N4O5S. The van der Waals surface area contributed by atoms with Crippen molar-refractivity contribution in [1.29, 1.82) is 0 Å². The van der Waals surface area contributed by atoms with Crippen molar-refractivity contribution >= 4 is 27.3 Å². The quantitative estimate of drug-likeness (QED) is 0.483. The number of nitrogens with zero attached hydrogens (tertiary/aromatic N) is 1. The van der Waals surface area contributed by atoms with E-state index in [1.54, 1.807) is 0 Å². The normalized spacial score (nSPS) is 20.4. The van der Waals surface area contributed by atoms with Crippen molar-refractivity contribution in [2.75, 3.05) is 18.9 Å². The van der Waals surface area contributed by atoms with Crippen molar-refractivity contribution in [3.63, 3.8) is 0 Å². The molecule has 0 saturated heterocycles. The van der Waals surface area contributed by atoms with Crippen LogP contribution in [0.15, 0.2) is 23.1 Å². The van der Waals surface area contributed by atoms with Gasteiger partial charge in [0.15, 0.2) is 0 Å². The third-order valence-electron chi connectivity index (χ3n) is 4.53. The van der Waals surface area contributed by atoms with E-state index in [4.69, 9.17) is 0 Å². The van der Waals surface area contributed by atoms with E-state index in [-0.39, 0.29) is 29.1 Å². The number of nitro groups is 1. The van der Waals surface area contributed by atoms with Crippen molar-refractivity contribution in [2.45, 2.75) is 43.5 Å². The molecule has 26 heavy (non-hydrogen) atoms. The van der Waals surface area contributed by atoms with E-state index >= 15 is 0 Å². The molecule has 0 aromatic heterocycles. The summed E-state index contributed by atoms with van der Waals surface area (Å²) in [4.78, 5) is 21.7. The lowest BCUT2D eigenvalue weighted by atomic mass is 9.88.